The molecule has 3 aromatic rings. The van der Waals surface area contributed by atoms with Crippen molar-refractivity contribution >= 4 is 17.3 Å². The second-order valence-electron chi connectivity index (χ2n) is 7.03. The van der Waals surface area contributed by atoms with Crippen LogP contribution in [0.1, 0.15) is 17.0 Å². The number of quaternary nitrogens is 1. The summed E-state index contributed by atoms with van der Waals surface area (Å²) in [5.41, 5.74) is 4.13. The Morgan fingerprint density at radius 2 is 1.79 bits per heavy atom. The van der Waals surface area contributed by atoms with Crippen molar-refractivity contribution in [1.29, 1.82) is 0 Å². The summed E-state index contributed by atoms with van der Waals surface area (Å²) in [5.74, 6) is -0.275. The number of benzene rings is 2. The number of para-hydroxylation sites is 3. The number of anilines is 1. The predicted molar refractivity (Wildman–Crippen MR) is 110 cm³/mol. The van der Waals surface area contributed by atoms with E-state index >= 15 is 0 Å². The van der Waals surface area contributed by atoms with Crippen LogP contribution in [0.25, 0.3) is 5.69 Å². The maximum absolute atomic E-state index is 12.4. The number of rotatable bonds is 7. The van der Waals surface area contributed by atoms with Crippen LogP contribution in [0.5, 0.6) is 0 Å². The molecule has 0 spiro atoms. The highest BCUT2D eigenvalue weighted by atomic mass is 16.6. The van der Waals surface area contributed by atoms with Gasteiger partial charge < -0.3 is 10.2 Å². The smallest absolute Gasteiger partial charge is 0.292 e. The van der Waals surface area contributed by atoms with Gasteiger partial charge in [-0.15, -0.1) is 0 Å². The molecule has 0 aliphatic rings. The quantitative estimate of drug-likeness (QED) is 0.474. The lowest BCUT2D eigenvalue weighted by Crippen LogP contribution is -3.08. The number of nitro groups is 1. The Morgan fingerprint density at radius 3 is 2.48 bits per heavy atom. The summed E-state index contributed by atoms with van der Waals surface area (Å²) < 4.78 is 1.91. The van der Waals surface area contributed by atoms with Crippen molar-refractivity contribution < 1.29 is 14.6 Å². The molecule has 8 heteroatoms. The van der Waals surface area contributed by atoms with Crippen LogP contribution < -0.4 is 10.2 Å². The van der Waals surface area contributed by atoms with Gasteiger partial charge in [0.25, 0.3) is 11.6 Å². The van der Waals surface area contributed by atoms with Gasteiger partial charge in [0.15, 0.2) is 6.54 Å². The molecule has 3 rings (SSSR count). The van der Waals surface area contributed by atoms with Crippen LogP contribution >= 0.6 is 0 Å². The third-order valence-corrected chi connectivity index (χ3v) is 4.76. The van der Waals surface area contributed by atoms with E-state index in [0.29, 0.717) is 6.54 Å². The Kier molecular flexibility index (Phi) is 6.04. The van der Waals surface area contributed by atoms with Crippen LogP contribution in [0, 0.1) is 24.0 Å². The van der Waals surface area contributed by atoms with Gasteiger partial charge in [0, 0.05) is 6.07 Å². The minimum atomic E-state index is -0.503. The number of nitrogens with one attached hydrogen (secondary N) is 2. The lowest BCUT2D eigenvalue weighted by atomic mass is 10.2. The first-order valence-corrected chi connectivity index (χ1v) is 9.32. The second kappa shape index (κ2) is 8.66. The van der Waals surface area contributed by atoms with Crippen molar-refractivity contribution in [2.45, 2.75) is 20.4 Å². The summed E-state index contributed by atoms with van der Waals surface area (Å²) in [6, 6.07) is 16.0. The monoisotopic (exact) mass is 394 g/mol. The van der Waals surface area contributed by atoms with Gasteiger partial charge in [-0.2, -0.15) is 5.10 Å². The Bertz CT molecular complexity index is 1030. The van der Waals surface area contributed by atoms with Crippen LogP contribution in [0.15, 0.2) is 54.6 Å². The summed E-state index contributed by atoms with van der Waals surface area (Å²) in [5, 5.41) is 18.4. The largest absolute Gasteiger partial charge is 0.326 e. The van der Waals surface area contributed by atoms with Crippen molar-refractivity contribution in [3.8, 4) is 5.69 Å². The molecule has 1 aromatic heterocycles. The van der Waals surface area contributed by atoms with E-state index in [2.05, 4.69) is 10.4 Å². The Morgan fingerprint density at radius 1 is 1.14 bits per heavy atom. The van der Waals surface area contributed by atoms with Gasteiger partial charge in [0.1, 0.15) is 12.2 Å². The van der Waals surface area contributed by atoms with Crippen molar-refractivity contribution in [1.82, 2.24) is 9.78 Å². The number of carbonyl (C=O) groups is 1. The van der Waals surface area contributed by atoms with E-state index in [4.69, 9.17) is 0 Å². The summed E-state index contributed by atoms with van der Waals surface area (Å²) in [6.07, 6.45) is 0. The molecule has 1 atom stereocenters. The number of carbonyl (C=O) groups excluding carboxylic acids is 1. The third-order valence-electron chi connectivity index (χ3n) is 4.76. The average Bonchev–Trinajstić information content (AvgIpc) is 2.97. The zero-order valence-electron chi connectivity index (χ0n) is 16.7. The Balaban J connectivity index is 1.69. The standard InChI is InChI=1S/C21H23N5O3/c1-15-18(16(2)25(23-15)17-9-5-4-6-10-17)13-24(3)14-21(27)22-19-11-7-8-12-20(19)26(28)29/h4-12H,13-14H2,1-3H3,(H,22,27)/p+1. The summed E-state index contributed by atoms with van der Waals surface area (Å²) in [6.45, 7) is 4.78. The number of hydrogen-bond donors (Lipinski definition) is 2. The summed E-state index contributed by atoms with van der Waals surface area (Å²) in [4.78, 5) is 24.0. The minimum absolute atomic E-state index is 0.116. The highest BCUT2D eigenvalue weighted by Gasteiger charge is 2.20. The van der Waals surface area contributed by atoms with Gasteiger partial charge in [0.2, 0.25) is 0 Å². The van der Waals surface area contributed by atoms with Crippen molar-refractivity contribution in [2.24, 2.45) is 0 Å². The maximum Gasteiger partial charge on any atom is 0.292 e. The minimum Gasteiger partial charge on any atom is -0.326 e. The normalized spacial score (nSPS) is 11.8. The molecule has 150 valence electrons. The van der Waals surface area contributed by atoms with E-state index < -0.39 is 4.92 Å². The van der Waals surface area contributed by atoms with Crippen LogP contribution in [-0.2, 0) is 11.3 Å². The van der Waals surface area contributed by atoms with Gasteiger partial charge in [-0.3, -0.25) is 14.9 Å². The SMILES string of the molecule is Cc1nn(-c2ccccc2)c(C)c1C[NH+](C)CC(=O)Nc1ccccc1[N+](=O)[O-]. The number of hydrogen-bond acceptors (Lipinski definition) is 4. The predicted octanol–water partition coefficient (Wildman–Crippen LogP) is 2.05. The molecule has 0 aliphatic carbocycles. The zero-order valence-corrected chi connectivity index (χ0v) is 16.7. The van der Waals surface area contributed by atoms with Crippen LogP contribution in [0.2, 0.25) is 0 Å². The number of aromatic nitrogens is 2. The fourth-order valence-electron chi connectivity index (χ4n) is 3.32. The van der Waals surface area contributed by atoms with E-state index in [1.54, 1.807) is 12.1 Å². The highest BCUT2D eigenvalue weighted by molar-refractivity contribution is 5.93. The second-order valence-corrected chi connectivity index (χ2v) is 7.03. The van der Waals surface area contributed by atoms with Crippen molar-refractivity contribution in [3.05, 3.63) is 81.7 Å². The fraction of sp³-hybridized carbons (Fsp3) is 0.238. The van der Waals surface area contributed by atoms with Crippen molar-refractivity contribution in [2.75, 3.05) is 18.9 Å². The first-order chi connectivity index (χ1) is 13.9. The average molecular weight is 394 g/mol. The van der Waals surface area contributed by atoms with E-state index in [1.807, 2.05) is 55.9 Å². The molecule has 0 saturated carbocycles. The number of nitro benzene ring substituents is 1. The molecule has 1 amide bonds. The highest BCUT2D eigenvalue weighted by Crippen LogP contribution is 2.22. The lowest BCUT2D eigenvalue weighted by Gasteiger charge is -2.14. The first kappa shape index (κ1) is 20.2. The number of aryl methyl sites for hydroxylation is 1. The lowest BCUT2D eigenvalue weighted by molar-refractivity contribution is -0.885. The molecule has 8 nitrogen and oxygen atoms in total. The molecule has 0 bridgehead atoms. The van der Waals surface area contributed by atoms with Gasteiger partial charge in [0.05, 0.1) is 34.6 Å². The zero-order chi connectivity index (χ0) is 21.0. The maximum atomic E-state index is 12.4. The molecule has 0 aliphatic heterocycles. The van der Waals surface area contributed by atoms with Gasteiger partial charge in [-0.25, -0.2) is 4.68 Å². The molecule has 29 heavy (non-hydrogen) atoms. The van der Waals surface area contributed by atoms with Crippen molar-refractivity contribution in [3.63, 3.8) is 0 Å². The summed E-state index contributed by atoms with van der Waals surface area (Å²) >= 11 is 0. The van der Waals surface area contributed by atoms with E-state index in [-0.39, 0.29) is 23.8 Å². The van der Waals surface area contributed by atoms with E-state index in [1.165, 1.54) is 12.1 Å². The van der Waals surface area contributed by atoms with Crippen LogP contribution in [0.3, 0.4) is 0 Å². The first-order valence-electron chi connectivity index (χ1n) is 9.32. The topological polar surface area (TPSA) is 94.5 Å². The number of nitrogens with zero attached hydrogens (tertiary/aromatic N) is 3. The number of likely N-dealkylation sites (N-methyl/N-ethyl adjacent to an activating group) is 1. The van der Waals surface area contributed by atoms with E-state index in [9.17, 15) is 14.9 Å². The van der Waals surface area contributed by atoms with Crippen LogP contribution in [-0.4, -0.2) is 34.2 Å². The van der Waals surface area contributed by atoms with Gasteiger partial charge in [-0.1, -0.05) is 30.3 Å². The molecule has 1 unspecified atom stereocenters. The third kappa shape index (κ3) is 4.67. The Hall–Kier alpha value is -3.52. The molecule has 1 heterocycles. The fourth-order valence-corrected chi connectivity index (χ4v) is 3.32. The number of amides is 1. The molecule has 0 fully saturated rings. The molecular formula is C21H24N5O3+. The molecule has 2 N–H and O–H groups in total. The molecule has 0 saturated heterocycles. The molecule has 2 aromatic carbocycles. The summed E-state index contributed by atoms with van der Waals surface area (Å²) in [7, 11) is 1.91. The molecule has 0 radical (unpaired) electrons. The van der Waals surface area contributed by atoms with Gasteiger partial charge in [-0.05, 0) is 32.0 Å². The molecular weight excluding hydrogens is 370 g/mol. The Labute approximate surface area is 168 Å². The van der Waals surface area contributed by atoms with Crippen LogP contribution in [0.4, 0.5) is 11.4 Å². The van der Waals surface area contributed by atoms with Gasteiger partial charge >= 0.3 is 0 Å². The van der Waals surface area contributed by atoms with E-state index in [0.717, 1.165) is 27.5 Å².